The topological polar surface area (TPSA) is 69.5 Å². The second kappa shape index (κ2) is 8.96. The number of nitrogens with one attached hydrogen (secondary N) is 2. The maximum Gasteiger partial charge on any atom is 0.141 e. The van der Waals surface area contributed by atoms with Crippen LogP contribution >= 0.6 is 0 Å². The molecular formula is C25H30N6. The zero-order valence-corrected chi connectivity index (χ0v) is 17.8. The van der Waals surface area contributed by atoms with E-state index in [2.05, 4.69) is 75.0 Å². The van der Waals surface area contributed by atoms with Gasteiger partial charge in [0.1, 0.15) is 11.6 Å². The Bertz CT molecular complexity index is 1010. The predicted octanol–water partition coefficient (Wildman–Crippen LogP) is 2.82. The number of pyridine rings is 1. The Morgan fingerprint density at radius 3 is 1.68 bits per heavy atom. The van der Waals surface area contributed by atoms with Crippen molar-refractivity contribution in [2.24, 2.45) is 0 Å². The van der Waals surface area contributed by atoms with Crippen molar-refractivity contribution in [1.82, 2.24) is 15.6 Å². The van der Waals surface area contributed by atoms with Crippen LogP contribution < -0.4 is 26.2 Å². The first kappa shape index (κ1) is 19.8. The molecule has 2 aromatic carbocycles. The molecular weight excluding hydrogens is 384 g/mol. The zero-order valence-electron chi connectivity index (χ0n) is 17.8. The molecule has 3 heterocycles. The summed E-state index contributed by atoms with van der Waals surface area (Å²) in [5.41, 5.74) is 12.5. The summed E-state index contributed by atoms with van der Waals surface area (Å²) in [4.78, 5) is 9.91. The number of hydrogen-bond donors (Lipinski definition) is 3. The molecule has 2 saturated heterocycles. The zero-order chi connectivity index (χ0) is 21.0. The number of hydrogen-bond acceptors (Lipinski definition) is 6. The lowest BCUT2D eigenvalue weighted by atomic mass is 9.95. The Kier molecular flexibility index (Phi) is 5.74. The smallest absolute Gasteiger partial charge is 0.141 e. The van der Waals surface area contributed by atoms with Crippen LogP contribution in [0.15, 0.2) is 60.7 Å². The fourth-order valence-corrected chi connectivity index (χ4v) is 4.65. The lowest BCUT2D eigenvalue weighted by Gasteiger charge is -2.37. The highest BCUT2D eigenvalue weighted by molar-refractivity contribution is 6.00. The molecule has 0 atom stereocenters. The second-order valence-corrected chi connectivity index (χ2v) is 8.13. The Morgan fingerprint density at radius 2 is 1.13 bits per heavy atom. The highest BCUT2D eigenvalue weighted by Crippen LogP contribution is 2.47. The largest absolute Gasteiger partial charge is 0.383 e. The summed E-state index contributed by atoms with van der Waals surface area (Å²) in [7, 11) is 0. The van der Waals surface area contributed by atoms with Crippen LogP contribution in [0.25, 0.3) is 22.3 Å². The molecule has 0 bridgehead atoms. The van der Waals surface area contributed by atoms with Gasteiger partial charge in [0.15, 0.2) is 0 Å². The van der Waals surface area contributed by atoms with Crippen LogP contribution in [-0.4, -0.2) is 57.3 Å². The number of nitrogens with two attached hydrogens (primary N) is 1. The van der Waals surface area contributed by atoms with E-state index in [-0.39, 0.29) is 0 Å². The van der Waals surface area contributed by atoms with Crippen LogP contribution in [0.4, 0.5) is 17.3 Å². The molecule has 160 valence electrons. The minimum Gasteiger partial charge on any atom is -0.383 e. The summed E-state index contributed by atoms with van der Waals surface area (Å²) in [6.45, 7) is 7.60. The standard InChI is InChI=1S/C25H30N6/c26-24-21(19-7-3-1-4-8-19)23(30-15-11-27-12-16-30)22(20-9-5-2-6-10-20)25(29-24)31-17-13-28-14-18-31/h1-10,27-28H,11-18H2,(H2,26,29). The van der Waals surface area contributed by atoms with Crippen LogP contribution in [0.1, 0.15) is 0 Å². The third-order valence-electron chi connectivity index (χ3n) is 6.15. The summed E-state index contributed by atoms with van der Waals surface area (Å²) < 4.78 is 0. The van der Waals surface area contributed by atoms with Gasteiger partial charge in [-0.05, 0) is 11.1 Å². The van der Waals surface area contributed by atoms with E-state index in [0.29, 0.717) is 5.82 Å². The monoisotopic (exact) mass is 414 g/mol. The van der Waals surface area contributed by atoms with E-state index < -0.39 is 0 Å². The van der Waals surface area contributed by atoms with E-state index in [1.165, 1.54) is 16.8 Å². The normalized spacial score (nSPS) is 17.0. The van der Waals surface area contributed by atoms with Crippen LogP contribution in [0, 0.1) is 0 Å². The minimum atomic E-state index is 0.605. The van der Waals surface area contributed by atoms with Gasteiger partial charge in [0.2, 0.25) is 0 Å². The highest BCUT2D eigenvalue weighted by atomic mass is 15.3. The fourth-order valence-electron chi connectivity index (χ4n) is 4.65. The second-order valence-electron chi connectivity index (χ2n) is 8.13. The van der Waals surface area contributed by atoms with E-state index in [4.69, 9.17) is 10.7 Å². The number of rotatable bonds is 4. The molecule has 4 N–H and O–H groups in total. The maximum absolute atomic E-state index is 6.72. The van der Waals surface area contributed by atoms with Gasteiger partial charge in [-0.1, -0.05) is 60.7 Å². The van der Waals surface area contributed by atoms with Crippen molar-refractivity contribution in [2.75, 3.05) is 67.9 Å². The van der Waals surface area contributed by atoms with Crippen LogP contribution in [0.5, 0.6) is 0 Å². The molecule has 0 saturated carbocycles. The summed E-state index contributed by atoms with van der Waals surface area (Å²) in [5, 5.41) is 6.94. The fraction of sp³-hybridized carbons (Fsp3) is 0.320. The summed E-state index contributed by atoms with van der Waals surface area (Å²) in [5.74, 6) is 1.60. The van der Waals surface area contributed by atoms with Gasteiger partial charge < -0.3 is 26.2 Å². The Morgan fingerprint density at radius 1 is 0.645 bits per heavy atom. The van der Waals surface area contributed by atoms with Crippen molar-refractivity contribution in [3.63, 3.8) is 0 Å². The average Bonchev–Trinajstić information content (AvgIpc) is 2.85. The van der Waals surface area contributed by atoms with E-state index in [9.17, 15) is 0 Å². The van der Waals surface area contributed by atoms with Crippen LogP contribution in [-0.2, 0) is 0 Å². The van der Waals surface area contributed by atoms with Gasteiger partial charge in [0.05, 0.1) is 5.69 Å². The Hall–Kier alpha value is -3.09. The molecule has 0 amide bonds. The molecule has 3 aromatic rings. The van der Waals surface area contributed by atoms with E-state index in [1.54, 1.807) is 0 Å². The molecule has 2 aliphatic heterocycles. The first-order chi connectivity index (χ1) is 15.3. The number of nitrogens with zero attached hydrogens (tertiary/aromatic N) is 3. The van der Waals surface area contributed by atoms with Gasteiger partial charge in [0.25, 0.3) is 0 Å². The lowest BCUT2D eigenvalue weighted by Crippen LogP contribution is -2.45. The predicted molar refractivity (Wildman–Crippen MR) is 130 cm³/mol. The van der Waals surface area contributed by atoms with Crippen molar-refractivity contribution < 1.29 is 0 Å². The molecule has 6 nitrogen and oxygen atoms in total. The molecule has 0 aliphatic carbocycles. The molecule has 6 heteroatoms. The number of piperazine rings is 2. The molecule has 0 radical (unpaired) electrons. The number of aromatic nitrogens is 1. The van der Waals surface area contributed by atoms with Gasteiger partial charge >= 0.3 is 0 Å². The van der Waals surface area contributed by atoms with Gasteiger partial charge in [-0.25, -0.2) is 4.98 Å². The quantitative estimate of drug-likeness (QED) is 0.610. The number of anilines is 3. The van der Waals surface area contributed by atoms with Crippen LogP contribution in [0.2, 0.25) is 0 Å². The van der Waals surface area contributed by atoms with Crippen molar-refractivity contribution in [2.45, 2.75) is 0 Å². The Balaban J connectivity index is 1.80. The molecule has 5 rings (SSSR count). The van der Waals surface area contributed by atoms with Crippen LogP contribution in [0.3, 0.4) is 0 Å². The Labute approximate surface area is 184 Å². The highest BCUT2D eigenvalue weighted by Gasteiger charge is 2.28. The van der Waals surface area contributed by atoms with Gasteiger partial charge in [-0.2, -0.15) is 0 Å². The molecule has 1 aromatic heterocycles. The molecule has 0 unspecified atom stereocenters. The number of benzene rings is 2. The van der Waals surface area contributed by atoms with Gasteiger partial charge in [-0.3, -0.25) is 0 Å². The third-order valence-corrected chi connectivity index (χ3v) is 6.15. The van der Waals surface area contributed by atoms with Crippen molar-refractivity contribution >= 4 is 17.3 Å². The van der Waals surface area contributed by atoms with E-state index in [0.717, 1.165) is 69.3 Å². The summed E-state index contributed by atoms with van der Waals surface area (Å²) in [6, 6.07) is 21.1. The minimum absolute atomic E-state index is 0.605. The maximum atomic E-state index is 6.72. The van der Waals surface area contributed by atoms with Crippen molar-refractivity contribution in [3.8, 4) is 22.3 Å². The lowest BCUT2D eigenvalue weighted by molar-refractivity contribution is 0.583. The molecule has 2 fully saturated rings. The molecule has 31 heavy (non-hydrogen) atoms. The molecule has 0 spiro atoms. The molecule has 2 aliphatic rings. The van der Waals surface area contributed by atoms with E-state index >= 15 is 0 Å². The van der Waals surface area contributed by atoms with E-state index in [1.807, 2.05) is 6.07 Å². The first-order valence-corrected chi connectivity index (χ1v) is 11.2. The van der Waals surface area contributed by atoms with Gasteiger partial charge in [0, 0.05) is 63.5 Å². The van der Waals surface area contributed by atoms with Crippen molar-refractivity contribution in [3.05, 3.63) is 60.7 Å². The SMILES string of the molecule is Nc1nc(N2CCNCC2)c(-c2ccccc2)c(N2CCNCC2)c1-c1ccccc1. The summed E-state index contributed by atoms with van der Waals surface area (Å²) in [6.07, 6.45) is 0. The van der Waals surface area contributed by atoms with Crippen molar-refractivity contribution in [1.29, 1.82) is 0 Å². The van der Waals surface area contributed by atoms with Gasteiger partial charge in [-0.15, -0.1) is 0 Å². The first-order valence-electron chi connectivity index (χ1n) is 11.2. The average molecular weight is 415 g/mol. The summed E-state index contributed by atoms with van der Waals surface area (Å²) >= 11 is 0. The number of nitrogen functional groups attached to an aromatic ring is 1. The third kappa shape index (κ3) is 3.96.